The predicted octanol–water partition coefficient (Wildman–Crippen LogP) is 5.15. The van der Waals surface area contributed by atoms with E-state index >= 15 is 0 Å². The highest BCUT2D eigenvalue weighted by Gasteiger charge is 2.18. The highest BCUT2D eigenvalue weighted by atomic mass is 16.5. The lowest BCUT2D eigenvalue weighted by molar-refractivity contribution is 0.304. The van der Waals surface area contributed by atoms with Crippen molar-refractivity contribution >= 4 is 0 Å². The van der Waals surface area contributed by atoms with Crippen LogP contribution in [0, 0.1) is 0 Å². The molecule has 0 aromatic heterocycles. The normalized spacial score (nSPS) is 17.0. The molecule has 0 aliphatic heterocycles. The minimum Gasteiger partial charge on any atom is -0.494 e. The van der Waals surface area contributed by atoms with Crippen LogP contribution in [0.3, 0.4) is 0 Å². The zero-order valence-corrected chi connectivity index (χ0v) is 13.6. The van der Waals surface area contributed by atoms with Gasteiger partial charge in [0.25, 0.3) is 0 Å². The molecule has 1 aliphatic carbocycles. The van der Waals surface area contributed by atoms with Gasteiger partial charge in [-0.05, 0) is 42.5 Å². The Morgan fingerprint density at radius 3 is 2.52 bits per heavy atom. The van der Waals surface area contributed by atoms with Gasteiger partial charge in [-0.15, -0.1) is 0 Å². The second-order valence-electron chi connectivity index (χ2n) is 6.33. The molecule has 1 atom stereocenters. The summed E-state index contributed by atoms with van der Waals surface area (Å²) < 4.78 is 5.87. The van der Waals surface area contributed by atoms with Crippen molar-refractivity contribution in [1.82, 2.24) is 0 Å². The van der Waals surface area contributed by atoms with E-state index in [1.807, 2.05) is 0 Å². The second kappa shape index (κ2) is 9.09. The van der Waals surface area contributed by atoms with Crippen molar-refractivity contribution in [2.75, 3.05) is 6.61 Å². The summed E-state index contributed by atoms with van der Waals surface area (Å²) in [6, 6.07) is 6.65. The van der Waals surface area contributed by atoms with Crippen molar-refractivity contribution in [2.24, 2.45) is 5.73 Å². The number of hydrogen-bond donors (Lipinski definition) is 1. The molecule has 21 heavy (non-hydrogen) atoms. The molecule has 0 radical (unpaired) electrons. The van der Waals surface area contributed by atoms with Gasteiger partial charge in [-0.25, -0.2) is 0 Å². The van der Waals surface area contributed by atoms with E-state index in [1.165, 1.54) is 62.5 Å². The fourth-order valence-electron chi connectivity index (χ4n) is 3.14. The van der Waals surface area contributed by atoms with Crippen molar-refractivity contribution < 1.29 is 4.74 Å². The van der Waals surface area contributed by atoms with Crippen LogP contribution in [0.5, 0.6) is 5.75 Å². The fourth-order valence-corrected chi connectivity index (χ4v) is 3.14. The highest BCUT2D eigenvalue weighted by Crippen LogP contribution is 2.31. The van der Waals surface area contributed by atoms with Crippen molar-refractivity contribution in [3.05, 3.63) is 29.3 Å². The van der Waals surface area contributed by atoms with Gasteiger partial charge in [-0.3, -0.25) is 0 Å². The summed E-state index contributed by atoms with van der Waals surface area (Å²) in [6.07, 6.45) is 12.9. The highest BCUT2D eigenvalue weighted by molar-refractivity contribution is 5.40. The Kier molecular flexibility index (Phi) is 7.08. The van der Waals surface area contributed by atoms with Gasteiger partial charge in [0.05, 0.1) is 6.61 Å². The number of benzene rings is 1. The lowest BCUT2D eigenvalue weighted by Gasteiger charge is -2.09. The summed E-state index contributed by atoms with van der Waals surface area (Å²) >= 11 is 0. The first-order chi connectivity index (χ1) is 10.3. The molecule has 1 aromatic carbocycles. The van der Waals surface area contributed by atoms with E-state index in [4.69, 9.17) is 10.5 Å². The molecule has 118 valence electrons. The molecular weight excluding hydrogens is 258 g/mol. The van der Waals surface area contributed by atoms with Gasteiger partial charge in [-0.1, -0.05) is 57.9 Å². The van der Waals surface area contributed by atoms with E-state index in [-0.39, 0.29) is 6.04 Å². The monoisotopic (exact) mass is 289 g/mol. The molecule has 1 aromatic rings. The molecule has 0 heterocycles. The lowest BCUT2D eigenvalue weighted by atomic mass is 10.1. The average Bonchev–Trinajstić information content (AvgIpc) is 2.86. The minimum absolute atomic E-state index is 0.238. The SMILES string of the molecule is CCCCCCCCCCOc1ccc2c(c1)CC[C@H]2N. The molecular formula is C19H31NO. The van der Waals surface area contributed by atoms with Crippen molar-refractivity contribution in [3.8, 4) is 5.75 Å². The predicted molar refractivity (Wildman–Crippen MR) is 89.8 cm³/mol. The zero-order valence-electron chi connectivity index (χ0n) is 13.6. The van der Waals surface area contributed by atoms with Crippen LogP contribution < -0.4 is 10.5 Å². The van der Waals surface area contributed by atoms with Crippen LogP contribution >= 0.6 is 0 Å². The number of aryl methyl sites for hydroxylation is 1. The lowest BCUT2D eigenvalue weighted by Crippen LogP contribution is -2.05. The third-order valence-corrected chi connectivity index (χ3v) is 4.51. The van der Waals surface area contributed by atoms with Gasteiger partial charge in [-0.2, -0.15) is 0 Å². The number of rotatable bonds is 10. The van der Waals surface area contributed by atoms with Crippen LogP contribution in [-0.4, -0.2) is 6.61 Å². The maximum Gasteiger partial charge on any atom is 0.119 e. The number of nitrogens with two attached hydrogens (primary N) is 1. The molecule has 0 unspecified atom stereocenters. The summed E-state index contributed by atoms with van der Waals surface area (Å²) in [5.41, 5.74) is 8.75. The van der Waals surface area contributed by atoms with Gasteiger partial charge in [0, 0.05) is 6.04 Å². The Morgan fingerprint density at radius 1 is 1.05 bits per heavy atom. The molecule has 0 fully saturated rings. The summed E-state index contributed by atoms with van der Waals surface area (Å²) in [5, 5.41) is 0. The van der Waals surface area contributed by atoms with E-state index in [2.05, 4.69) is 25.1 Å². The van der Waals surface area contributed by atoms with Crippen LogP contribution in [0.2, 0.25) is 0 Å². The maximum atomic E-state index is 6.05. The third kappa shape index (κ3) is 5.35. The average molecular weight is 289 g/mol. The smallest absolute Gasteiger partial charge is 0.119 e. The second-order valence-corrected chi connectivity index (χ2v) is 6.33. The van der Waals surface area contributed by atoms with Gasteiger partial charge in [0.1, 0.15) is 5.75 Å². The largest absolute Gasteiger partial charge is 0.494 e. The first-order valence-electron chi connectivity index (χ1n) is 8.82. The van der Waals surface area contributed by atoms with E-state index in [1.54, 1.807) is 0 Å². The standard InChI is InChI=1S/C19H31NO/c1-2-3-4-5-6-7-8-9-14-21-17-11-12-18-16(15-17)10-13-19(18)20/h11-12,15,19H,2-10,13-14,20H2,1H3/t19-/m1/s1. The quantitative estimate of drug-likeness (QED) is 0.604. The van der Waals surface area contributed by atoms with Gasteiger partial charge in [0.2, 0.25) is 0 Å². The molecule has 0 saturated carbocycles. The van der Waals surface area contributed by atoms with E-state index in [0.717, 1.165) is 25.2 Å². The Balaban J connectivity index is 1.55. The van der Waals surface area contributed by atoms with E-state index < -0.39 is 0 Å². The molecule has 0 spiro atoms. The molecule has 0 bridgehead atoms. The molecule has 0 amide bonds. The van der Waals surface area contributed by atoms with Crippen molar-refractivity contribution in [1.29, 1.82) is 0 Å². The summed E-state index contributed by atoms with van der Waals surface area (Å²) in [6.45, 7) is 3.11. The maximum absolute atomic E-state index is 6.05. The Labute approximate surface area is 130 Å². The fraction of sp³-hybridized carbons (Fsp3) is 0.684. The van der Waals surface area contributed by atoms with Gasteiger partial charge >= 0.3 is 0 Å². The Bertz CT molecular complexity index is 416. The molecule has 2 nitrogen and oxygen atoms in total. The number of ether oxygens (including phenoxy) is 1. The first-order valence-corrected chi connectivity index (χ1v) is 8.82. The number of unbranched alkanes of at least 4 members (excludes halogenated alkanes) is 7. The van der Waals surface area contributed by atoms with Crippen LogP contribution in [0.1, 0.15) is 81.9 Å². The van der Waals surface area contributed by atoms with E-state index in [0.29, 0.717) is 0 Å². The Morgan fingerprint density at radius 2 is 1.76 bits per heavy atom. The van der Waals surface area contributed by atoms with E-state index in [9.17, 15) is 0 Å². The summed E-state index contributed by atoms with van der Waals surface area (Å²) in [7, 11) is 0. The first kappa shape index (κ1) is 16.4. The van der Waals surface area contributed by atoms with Crippen LogP contribution in [0.25, 0.3) is 0 Å². The Hall–Kier alpha value is -1.02. The van der Waals surface area contributed by atoms with Crippen molar-refractivity contribution in [2.45, 2.75) is 77.2 Å². The van der Waals surface area contributed by atoms with Crippen LogP contribution in [0.4, 0.5) is 0 Å². The topological polar surface area (TPSA) is 35.2 Å². The third-order valence-electron chi connectivity index (χ3n) is 4.51. The minimum atomic E-state index is 0.238. The van der Waals surface area contributed by atoms with Crippen LogP contribution in [0.15, 0.2) is 18.2 Å². The van der Waals surface area contributed by atoms with Crippen molar-refractivity contribution in [3.63, 3.8) is 0 Å². The van der Waals surface area contributed by atoms with Gasteiger partial charge < -0.3 is 10.5 Å². The zero-order chi connectivity index (χ0) is 14.9. The molecule has 2 N–H and O–H groups in total. The number of hydrogen-bond acceptors (Lipinski definition) is 2. The van der Waals surface area contributed by atoms with Crippen LogP contribution in [-0.2, 0) is 6.42 Å². The summed E-state index contributed by atoms with van der Waals surface area (Å²) in [5.74, 6) is 1.02. The molecule has 0 saturated heterocycles. The number of fused-ring (bicyclic) bond motifs is 1. The molecule has 1 aliphatic rings. The molecule has 2 heteroatoms. The van der Waals surface area contributed by atoms with Gasteiger partial charge in [0.15, 0.2) is 0 Å². The summed E-state index contributed by atoms with van der Waals surface area (Å²) in [4.78, 5) is 0. The molecule has 2 rings (SSSR count).